The molecule has 2 heterocycles. The summed E-state index contributed by atoms with van der Waals surface area (Å²) in [6.45, 7) is 0. The molecule has 0 aliphatic carbocycles. The fourth-order valence-corrected chi connectivity index (χ4v) is 5.14. The van der Waals surface area contributed by atoms with Crippen molar-refractivity contribution < 1.29 is 4.74 Å². The van der Waals surface area contributed by atoms with Crippen LogP contribution in [0.3, 0.4) is 0 Å². The number of anilines is 2. The number of likely N-dealkylation sites (N-methyl/N-ethyl adjacent to an activating group) is 1. The van der Waals surface area contributed by atoms with Gasteiger partial charge >= 0.3 is 0 Å². The first kappa shape index (κ1) is 22.4. The summed E-state index contributed by atoms with van der Waals surface area (Å²) in [6.07, 6.45) is 0. The molecule has 0 spiro atoms. The molecule has 36 heavy (non-hydrogen) atoms. The van der Waals surface area contributed by atoms with Crippen LogP contribution >= 0.6 is 11.6 Å². The number of hydrazone groups is 1. The van der Waals surface area contributed by atoms with E-state index in [4.69, 9.17) is 26.4 Å². The van der Waals surface area contributed by atoms with Gasteiger partial charge in [-0.05, 0) is 48.0 Å². The molecule has 4 aromatic carbocycles. The Kier molecular flexibility index (Phi) is 5.70. The molecular formula is C30H25ClN4O. The number of ether oxygens (including phenoxy) is 1. The predicted molar refractivity (Wildman–Crippen MR) is 148 cm³/mol. The molecule has 2 unspecified atom stereocenters. The molecule has 5 nitrogen and oxygen atoms in total. The van der Waals surface area contributed by atoms with E-state index in [0.29, 0.717) is 5.02 Å². The molecule has 0 aromatic heterocycles. The standard InChI is InChI=1S/C30H25ClN4O/c1-34-26-18-15-22(31)19-25(26)27(20-9-5-3-6-10-20)32-28-29(21-13-16-24(36-2)17-14-21)35(33-30(28)34)23-11-7-4-8-12-23/h3-19,28-29H,1-2H3. The molecule has 0 saturated heterocycles. The number of nitrogens with zero attached hydrogens (tertiary/aromatic N) is 4. The predicted octanol–water partition coefficient (Wildman–Crippen LogP) is 6.58. The monoisotopic (exact) mass is 492 g/mol. The minimum atomic E-state index is -0.245. The van der Waals surface area contributed by atoms with E-state index in [9.17, 15) is 0 Å². The number of aliphatic imine (C=N–C) groups is 1. The van der Waals surface area contributed by atoms with Gasteiger partial charge in [0.25, 0.3) is 0 Å². The number of benzene rings is 4. The van der Waals surface area contributed by atoms with Gasteiger partial charge in [0.05, 0.1) is 24.2 Å². The molecule has 0 N–H and O–H groups in total. The molecule has 0 bridgehead atoms. The number of methoxy groups -OCH3 is 1. The van der Waals surface area contributed by atoms with E-state index < -0.39 is 0 Å². The fourth-order valence-electron chi connectivity index (χ4n) is 4.97. The lowest BCUT2D eigenvalue weighted by Crippen LogP contribution is -2.36. The van der Waals surface area contributed by atoms with Crippen molar-refractivity contribution >= 4 is 34.5 Å². The summed E-state index contributed by atoms with van der Waals surface area (Å²) in [7, 11) is 3.74. The molecule has 4 aromatic rings. The zero-order valence-corrected chi connectivity index (χ0v) is 20.8. The van der Waals surface area contributed by atoms with Crippen LogP contribution in [0, 0.1) is 0 Å². The zero-order chi connectivity index (χ0) is 24.6. The van der Waals surface area contributed by atoms with Crippen LogP contribution in [0.1, 0.15) is 22.7 Å². The summed E-state index contributed by atoms with van der Waals surface area (Å²) in [5.74, 6) is 1.70. The second kappa shape index (κ2) is 9.17. The van der Waals surface area contributed by atoms with Crippen LogP contribution in [0.4, 0.5) is 11.4 Å². The number of halogens is 1. The fraction of sp³-hybridized carbons (Fsp3) is 0.133. The second-order valence-corrected chi connectivity index (χ2v) is 9.30. The van der Waals surface area contributed by atoms with Crippen LogP contribution in [0.25, 0.3) is 0 Å². The van der Waals surface area contributed by atoms with Gasteiger partial charge in [0.1, 0.15) is 17.8 Å². The van der Waals surface area contributed by atoms with E-state index >= 15 is 0 Å². The van der Waals surface area contributed by atoms with E-state index in [2.05, 4.69) is 59.4 Å². The molecule has 6 rings (SSSR count). The Balaban J connectivity index is 1.58. The van der Waals surface area contributed by atoms with Crippen molar-refractivity contribution in [2.75, 3.05) is 24.1 Å². The molecule has 178 valence electrons. The second-order valence-electron chi connectivity index (χ2n) is 8.87. The molecule has 2 aliphatic heterocycles. The molecule has 0 radical (unpaired) electrons. The first-order chi connectivity index (χ1) is 17.6. The Labute approximate surface area is 215 Å². The van der Waals surface area contributed by atoms with E-state index in [1.807, 2.05) is 60.7 Å². The number of hydrogen-bond acceptors (Lipinski definition) is 5. The normalized spacial score (nSPS) is 18.6. The highest BCUT2D eigenvalue weighted by Crippen LogP contribution is 2.42. The Hall–Kier alpha value is -4.09. The van der Waals surface area contributed by atoms with E-state index in [-0.39, 0.29) is 12.1 Å². The molecule has 2 aliphatic rings. The van der Waals surface area contributed by atoms with Gasteiger partial charge in [-0.2, -0.15) is 5.10 Å². The number of amidine groups is 1. The Bertz CT molecular complexity index is 1450. The molecule has 0 amide bonds. The van der Waals surface area contributed by atoms with Gasteiger partial charge in [0, 0.05) is 23.2 Å². The Morgan fingerprint density at radius 1 is 0.833 bits per heavy atom. The highest BCUT2D eigenvalue weighted by Gasteiger charge is 2.43. The number of fused-ring (bicyclic) bond motifs is 2. The third kappa shape index (κ3) is 3.82. The van der Waals surface area contributed by atoms with Gasteiger partial charge < -0.3 is 9.64 Å². The van der Waals surface area contributed by atoms with Crippen molar-refractivity contribution in [3.8, 4) is 5.75 Å². The van der Waals surface area contributed by atoms with Crippen LogP contribution in [-0.2, 0) is 0 Å². The quantitative estimate of drug-likeness (QED) is 0.323. The van der Waals surface area contributed by atoms with Crippen LogP contribution in [0.15, 0.2) is 113 Å². The van der Waals surface area contributed by atoms with Crippen molar-refractivity contribution in [2.24, 2.45) is 10.1 Å². The van der Waals surface area contributed by atoms with Gasteiger partial charge in [-0.1, -0.05) is 72.3 Å². The van der Waals surface area contributed by atoms with Gasteiger partial charge in [-0.25, -0.2) is 0 Å². The maximum atomic E-state index is 6.48. The number of rotatable bonds is 4. The average Bonchev–Trinajstić information content (AvgIpc) is 3.26. The lowest BCUT2D eigenvalue weighted by Gasteiger charge is -2.27. The minimum absolute atomic E-state index is 0.140. The van der Waals surface area contributed by atoms with Crippen LogP contribution in [-0.4, -0.2) is 31.7 Å². The summed E-state index contributed by atoms with van der Waals surface area (Å²) in [4.78, 5) is 7.58. The van der Waals surface area contributed by atoms with Crippen molar-refractivity contribution in [3.63, 3.8) is 0 Å². The SMILES string of the molecule is COc1ccc(C2C3N=C(c4ccccc4)c4cc(Cl)ccc4N(C)C3=NN2c2ccccc2)cc1. The molecule has 6 heteroatoms. The van der Waals surface area contributed by atoms with Gasteiger partial charge in [0.2, 0.25) is 0 Å². The topological polar surface area (TPSA) is 40.4 Å². The maximum Gasteiger partial charge on any atom is 0.157 e. The van der Waals surface area contributed by atoms with Gasteiger partial charge in [-0.15, -0.1) is 0 Å². The summed E-state index contributed by atoms with van der Waals surface area (Å²) >= 11 is 6.48. The van der Waals surface area contributed by atoms with Crippen LogP contribution in [0.5, 0.6) is 5.75 Å². The van der Waals surface area contributed by atoms with Crippen molar-refractivity contribution in [2.45, 2.75) is 12.1 Å². The Morgan fingerprint density at radius 3 is 2.22 bits per heavy atom. The molecule has 0 saturated carbocycles. The van der Waals surface area contributed by atoms with Crippen LogP contribution in [0.2, 0.25) is 5.02 Å². The minimum Gasteiger partial charge on any atom is -0.497 e. The first-order valence-corrected chi connectivity index (χ1v) is 12.3. The third-order valence-corrected chi connectivity index (χ3v) is 6.98. The van der Waals surface area contributed by atoms with Crippen molar-refractivity contribution in [1.82, 2.24) is 0 Å². The maximum absolute atomic E-state index is 6.48. The summed E-state index contributed by atoms with van der Waals surface area (Å²) in [5, 5.41) is 7.94. The largest absolute Gasteiger partial charge is 0.497 e. The summed E-state index contributed by atoms with van der Waals surface area (Å²) in [5.41, 5.74) is 6.09. The van der Waals surface area contributed by atoms with E-state index in [1.165, 1.54) is 0 Å². The van der Waals surface area contributed by atoms with E-state index in [1.54, 1.807) is 7.11 Å². The average molecular weight is 493 g/mol. The number of hydrogen-bond donors (Lipinski definition) is 0. The summed E-state index contributed by atoms with van der Waals surface area (Å²) in [6, 6.07) is 34.3. The lowest BCUT2D eigenvalue weighted by molar-refractivity contribution is 0.414. The zero-order valence-electron chi connectivity index (χ0n) is 20.0. The molecule has 2 atom stereocenters. The van der Waals surface area contributed by atoms with Gasteiger partial charge in [-0.3, -0.25) is 10.0 Å². The highest BCUT2D eigenvalue weighted by atomic mass is 35.5. The lowest BCUT2D eigenvalue weighted by atomic mass is 9.97. The van der Waals surface area contributed by atoms with Crippen molar-refractivity contribution in [3.05, 3.63) is 125 Å². The van der Waals surface area contributed by atoms with E-state index in [0.717, 1.165) is 45.4 Å². The highest BCUT2D eigenvalue weighted by molar-refractivity contribution is 6.32. The smallest absolute Gasteiger partial charge is 0.157 e. The third-order valence-electron chi connectivity index (χ3n) is 6.75. The molecular weight excluding hydrogens is 468 g/mol. The van der Waals surface area contributed by atoms with Crippen molar-refractivity contribution in [1.29, 1.82) is 0 Å². The first-order valence-electron chi connectivity index (χ1n) is 11.9. The van der Waals surface area contributed by atoms with Gasteiger partial charge in [0.15, 0.2) is 5.84 Å². The Morgan fingerprint density at radius 2 is 1.53 bits per heavy atom. The summed E-state index contributed by atoms with van der Waals surface area (Å²) < 4.78 is 5.42. The van der Waals surface area contributed by atoms with Crippen LogP contribution < -0.4 is 14.6 Å². The molecule has 0 fully saturated rings. The number of para-hydroxylation sites is 1.